The summed E-state index contributed by atoms with van der Waals surface area (Å²) in [6.45, 7) is 3.07. The number of halogens is 1. The van der Waals surface area contributed by atoms with Crippen LogP contribution in [0.4, 0.5) is 4.39 Å². The monoisotopic (exact) mass is 378 g/mol. The van der Waals surface area contributed by atoms with Crippen LogP contribution in [0.2, 0.25) is 0 Å². The lowest BCUT2D eigenvalue weighted by Gasteiger charge is -2.30. The van der Waals surface area contributed by atoms with Gasteiger partial charge in [0, 0.05) is 19.6 Å². The van der Waals surface area contributed by atoms with Crippen molar-refractivity contribution in [3.05, 3.63) is 35.1 Å². The molecule has 27 heavy (non-hydrogen) atoms. The van der Waals surface area contributed by atoms with E-state index >= 15 is 0 Å². The average molecular weight is 379 g/mol. The molecule has 2 nitrogen and oxygen atoms in total. The molecule has 1 atom stereocenters. The summed E-state index contributed by atoms with van der Waals surface area (Å²) in [7, 11) is 1.71. The van der Waals surface area contributed by atoms with Gasteiger partial charge in [0.05, 0.1) is 6.61 Å². The molecule has 0 amide bonds. The van der Waals surface area contributed by atoms with Crippen molar-refractivity contribution in [1.82, 2.24) is 0 Å². The molecule has 0 radical (unpaired) electrons. The Morgan fingerprint density at radius 2 is 1.85 bits per heavy atom. The van der Waals surface area contributed by atoms with Crippen molar-refractivity contribution < 1.29 is 14.2 Å². The van der Waals surface area contributed by atoms with Gasteiger partial charge < -0.3 is 9.84 Å². The molecule has 0 aromatic heterocycles. The second-order valence-corrected chi connectivity index (χ2v) is 8.55. The van der Waals surface area contributed by atoms with Gasteiger partial charge in [-0.1, -0.05) is 57.6 Å². The Labute approximate surface area is 165 Å². The molecule has 1 saturated carbocycles. The van der Waals surface area contributed by atoms with Gasteiger partial charge in [-0.05, 0) is 61.1 Å². The maximum Gasteiger partial charge on any atom is 0.126 e. The summed E-state index contributed by atoms with van der Waals surface area (Å²) in [5.74, 6) is 1.77. The largest absolute Gasteiger partial charge is 0.396 e. The molecule has 3 heteroatoms. The summed E-state index contributed by atoms with van der Waals surface area (Å²) >= 11 is 0. The molecule has 0 heterocycles. The Hall–Kier alpha value is -0.930. The lowest BCUT2D eigenvalue weighted by atomic mass is 9.76. The first-order valence-electron chi connectivity index (χ1n) is 11.0. The number of hydrogen-bond donors (Lipinski definition) is 1. The van der Waals surface area contributed by atoms with Crippen LogP contribution in [0.1, 0.15) is 75.8 Å². The number of aryl methyl sites for hydroxylation is 2. The van der Waals surface area contributed by atoms with Gasteiger partial charge in [0.1, 0.15) is 5.82 Å². The molecular formula is C24H39FO2. The third kappa shape index (κ3) is 7.91. The third-order valence-electron chi connectivity index (χ3n) is 6.30. The van der Waals surface area contributed by atoms with Crippen LogP contribution in [-0.2, 0) is 17.6 Å². The van der Waals surface area contributed by atoms with Crippen LogP contribution in [0.15, 0.2) is 18.2 Å². The molecule has 0 bridgehead atoms. The molecule has 1 aliphatic rings. The first kappa shape index (κ1) is 22.4. The third-order valence-corrected chi connectivity index (χ3v) is 6.30. The van der Waals surface area contributed by atoms with Gasteiger partial charge in [-0.3, -0.25) is 0 Å². The fraction of sp³-hybridized carbons (Fsp3) is 0.750. The minimum Gasteiger partial charge on any atom is -0.396 e. The summed E-state index contributed by atoms with van der Waals surface area (Å²) in [5.41, 5.74) is 2.02. The van der Waals surface area contributed by atoms with Crippen molar-refractivity contribution in [2.75, 3.05) is 20.3 Å². The van der Waals surface area contributed by atoms with Crippen molar-refractivity contribution in [3.8, 4) is 0 Å². The van der Waals surface area contributed by atoms with Crippen molar-refractivity contribution >= 4 is 0 Å². The van der Waals surface area contributed by atoms with E-state index in [9.17, 15) is 9.50 Å². The lowest BCUT2D eigenvalue weighted by molar-refractivity contribution is 0.0864. The van der Waals surface area contributed by atoms with Gasteiger partial charge in [-0.15, -0.1) is 0 Å². The molecular weight excluding hydrogens is 339 g/mol. The summed E-state index contributed by atoms with van der Waals surface area (Å²) < 4.78 is 19.5. The van der Waals surface area contributed by atoms with Gasteiger partial charge in [0.2, 0.25) is 0 Å². The van der Waals surface area contributed by atoms with E-state index in [4.69, 9.17) is 4.74 Å². The maximum atomic E-state index is 14.3. The van der Waals surface area contributed by atoms with Crippen molar-refractivity contribution in [3.63, 3.8) is 0 Å². The number of aliphatic hydroxyl groups is 1. The molecule has 0 spiro atoms. The Bertz CT molecular complexity index is 523. The Morgan fingerprint density at radius 3 is 2.48 bits per heavy atom. The van der Waals surface area contributed by atoms with E-state index in [0.29, 0.717) is 6.61 Å². The maximum absolute atomic E-state index is 14.3. The second-order valence-electron chi connectivity index (χ2n) is 8.55. The SMILES string of the molecule is CCCCCc1ccc(CCC2CCC(CC(CO)COC)CC2)cc1F. The second kappa shape index (κ2) is 12.5. The Morgan fingerprint density at radius 1 is 1.11 bits per heavy atom. The van der Waals surface area contributed by atoms with E-state index in [0.717, 1.165) is 48.6 Å². The van der Waals surface area contributed by atoms with E-state index in [1.54, 1.807) is 13.2 Å². The van der Waals surface area contributed by atoms with Gasteiger partial charge >= 0.3 is 0 Å². The van der Waals surface area contributed by atoms with Crippen LogP contribution >= 0.6 is 0 Å². The molecule has 1 N–H and O–H groups in total. The first-order valence-corrected chi connectivity index (χ1v) is 11.0. The zero-order valence-electron chi connectivity index (χ0n) is 17.4. The zero-order valence-corrected chi connectivity index (χ0v) is 17.4. The normalized spacial score (nSPS) is 21.3. The Balaban J connectivity index is 1.71. The van der Waals surface area contributed by atoms with Crippen LogP contribution in [0.25, 0.3) is 0 Å². The number of aliphatic hydroxyl groups excluding tert-OH is 1. The van der Waals surface area contributed by atoms with Gasteiger partial charge in [-0.2, -0.15) is 0 Å². The van der Waals surface area contributed by atoms with E-state index in [1.165, 1.54) is 44.9 Å². The van der Waals surface area contributed by atoms with Gasteiger partial charge in [-0.25, -0.2) is 4.39 Å². The van der Waals surface area contributed by atoms with E-state index < -0.39 is 0 Å². The lowest BCUT2D eigenvalue weighted by Crippen LogP contribution is -2.21. The molecule has 154 valence electrons. The van der Waals surface area contributed by atoms with Gasteiger partial charge in [0.15, 0.2) is 0 Å². The number of unbranched alkanes of at least 4 members (excludes halogenated alkanes) is 2. The smallest absolute Gasteiger partial charge is 0.126 e. The predicted octanol–water partition coefficient (Wildman–Crippen LogP) is 5.94. The van der Waals surface area contributed by atoms with E-state index in [2.05, 4.69) is 13.0 Å². The highest BCUT2D eigenvalue weighted by molar-refractivity contribution is 5.24. The number of rotatable bonds is 12. The van der Waals surface area contributed by atoms with Crippen molar-refractivity contribution in [1.29, 1.82) is 0 Å². The molecule has 0 aliphatic heterocycles. The van der Waals surface area contributed by atoms with Crippen LogP contribution in [-0.4, -0.2) is 25.4 Å². The number of hydrogen-bond acceptors (Lipinski definition) is 2. The summed E-state index contributed by atoms with van der Waals surface area (Å²) in [4.78, 5) is 0. The highest BCUT2D eigenvalue weighted by Gasteiger charge is 2.23. The molecule has 1 unspecified atom stereocenters. The summed E-state index contributed by atoms with van der Waals surface area (Å²) in [5, 5.41) is 9.44. The fourth-order valence-corrected chi connectivity index (χ4v) is 4.54. The van der Waals surface area contributed by atoms with Crippen LogP contribution in [0.5, 0.6) is 0 Å². The minimum atomic E-state index is -0.0134. The van der Waals surface area contributed by atoms with Crippen molar-refractivity contribution in [2.24, 2.45) is 17.8 Å². The molecule has 1 fully saturated rings. The fourth-order valence-electron chi connectivity index (χ4n) is 4.54. The molecule has 2 rings (SSSR count). The van der Waals surface area contributed by atoms with E-state index in [1.807, 2.05) is 6.07 Å². The number of methoxy groups -OCH3 is 1. The standard InChI is InChI=1S/C24H39FO2/c1-3-4-5-6-23-14-13-21(16-24(23)25)12-9-19-7-10-20(11-8-19)15-22(17-26)18-27-2/h13-14,16,19-20,22,26H,3-12,15,17-18H2,1-2H3. The molecule has 1 aromatic rings. The van der Waals surface area contributed by atoms with Gasteiger partial charge in [0.25, 0.3) is 0 Å². The number of benzene rings is 1. The number of ether oxygens (including phenoxy) is 1. The topological polar surface area (TPSA) is 29.5 Å². The van der Waals surface area contributed by atoms with Crippen molar-refractivity contribution in [2.45, 2.75) is 77.6 Å². The molecule has 1 aliphatic carbocycles. The summed E-state index contributed by atoms with van der Waals surface area (Å²) in [6.07, 6.45) is 12.6. The van der Waals surface area contributed by atoms with E-state index in [-0.39, 0.29) is 18.3 Å². The Kier molecular flexibility index (Phi) is 10.4. The zero-order chi connectivity index (χ0) is 19.5. The molecule has 1 aromatic carbocycles. The first-order chi connectivity index (χ1) is 13.2. The average Bonchev–Trinajstić information content (AvgIpc) is 2.68. The molecule has 0 saturated heterocycles. The summed E-state index contributed by atoms with van der Waals surface area (Å²) in [6, 6.07) is 5.90. The van der Waals surface area contributed by atoms with Crippen LogP contribution in [0, 0.1) is 23.6 Å². The predicted molar refractivity (Wildman–Crippen MR) is 110 cm³/mol. The highest BCUT2D eigenvalue weighted by atomic mass is 19.1. The highest BCUT2D eigenvalue weighted by Crippen LogP contribution is 2.35. The minimum absolute atomic E-state index is 0.0134. The quantitative estimate of drug-likeness (QED) is 0.456. The van der Waals surface area contributed by atoms with Crippen LogP contribution < -0.4 is 0 Å². The van der Waals surface area contributed by atoms with Crippen LogP contribution in [0.3, 0.4) is 0 Å².